The number of esters is 1. The zero-order valence-electron chi connectivity index (χ0n) is 12.9. The van der Waals surface area contributed by atoms with Crippen LogP contribution in [-0.4, -0.2) is 22.8 Å². The van der Waals surface area contributed by atoms with Crippen molar-refractivity contribution in [2.75, 3.05) is 5.73 Å². The lowest BCUT2D eigenvalue weighted by Crippen LogP contribution is -2.24. The van der Waals surface area contributed by atoms with Gasteiger partial charge < -0.3 is 10.5 Å². The van der Waals surface area contributed by atoms with E-state index in [9.17, 15) is 28.5 Å². The Bertz CT molecular complexity index is 870. The molecule has 0 unspecified atom stereocenters. The minimum absolute atomic E-state index is 0.132. The Morgan fingerprint density at radius 3 is 2.36 bits per heavy atom. The lowest BCUT2D eigenvalue weighted by Gasteiger charge is -2.12. The van der Waals surface area contributed by atoms with E-state index in [1.807, 2.05) is 0 Å². The van der Waals surface area contributed by atoms with E-state index in [1.54, 1.807) is 0 Å². The molecule has 0 aliphatic rings. The number of carbonyl (C=O) groups excluding carboxylic acids is 2. The Hall–Kier alpha value is -3.36. The third-order valence-electron chi connectivity index (χ3n) is 3.32. The number of nitrogens with zero attached hydrogens (tertiary/aromatic N) is 1. The fourth-order valence-electron chi connectivity index (χ4n) is 1.99. The van der Waals surface area contributed by atoms with E-state index in [0.29, 0.717) is 6.07 Å². The van der Waals surface area contributed by atoms with E-state index in [1.165, 1.54) is 13.0 Å². The van der Waals surface area contributed by atoms with Gasteiger partial charge in [-0.2, -0.15) is 0 Å². The van der Waals surface area contributed by atoms with Crippen LogP contribution in [0.15, 0.2) is 36.4 Å². The van der Waals surface area contributed by atoms with Crippen LogP contribution in [0.25, 0.3) is 0 Å². The van der Waals surface area contributed by atoms with E-state index in [4.69, 9.17) is 10.5 Å². The number of ether oxygens (including phenoxy) is 1. The van der Waals surface area contributed by atoms with Crippen LogP contribution in [0.3, 0.4) is 0 Å². The first-order valence-electron chi connectivity index (χ1n) is 6.95. The predicted molar refractivity (Wildman–Crippen MR) is 83.1 cm³/mol. The standard InChI is InChI=1S/C16H12F2N2O5/c1-8(15(21)9-2-4-11(17)12(18)6-9)25-16(22)10-3-5-13(19)14(7-10)20(23)24/h2-8H,19H2,1H3/t8-/m1/s1. The molecule has 0 saturated carbocycles. The third kappa shape index (κ3) is 3.94. The fourth-order valence-corrected chi connectivity index (χ4v) is 1.99. The molecule has 2 rings (SSSR count). The van der Waals surface area contributed by atoms with Crippen LogP contribution in [0.5, 0.6) is 0 Å². The Morgan fingerprint density at radius 1 is 1.12 bits per heavy atom. The number of hydrogen-bond donors (Lipinski definition) is 1. The number of nitro groups is 1. The highest BCUT2D eigenvalue weighted by Crippen LogP contribution is 2.23. The van der Waals surface area contributed by atoms with Crippen molar-refractivity contribution < 1.29 is 28.0 Å². The summed E-state index contributed by atoms with van der Waals surface area (Å²) < 4.78 is 31.0. The minimum atomic E-state index is -1.31. The van der Waals surface area contributed by atoms with Crippen LogP contribution < -0.4 is 5.73 Å². The number of rotatable bonds is 5. The van der Waals surface area contributed by atoms with Gasteiger partial charge in [0.2, 0.25) is 5.78 Å². The van der Waals surface area contributed by atoms with Gasteiger partial charge in [-0.25, -0.2) is 13.6 Å². The molecule has 130 valence electrons. The summed E-state index contributed by atoms with van der Waals surface area (Å²) in [5.41, 5.74) is 4.47. The Balaban J connectivity index is 2.16. The molecule has 0 fully saturated rings. The molecule has 0 aromatic heterocycles. The number of anilines is 1. The molecule has 7 nitrogen and oxygen atoms in total. The van der Waals surface area contributed by atoms with Crippen molar-refractivity contribution in [3.8, 4) is 0 Å². The fraction of sp³-hybridized carbons (Fsp3) is 0.125. The summed E-state index contributed by atoms with van der Waals surface area (Å²) in [6.45, 7) is 1.24. The van der Waals surface area contributed by atoms with Gasteiger partial charge in [0.15, 0.2) is 17.7 Å². The molecule has 2 N–H and O–H groups in total. The van der Waals surface area contributed by atoms with Crippen molar-refractivity contribution in [1.29, 1.82) is 0 Å². The monoisotopic (exact) mass is 350 g/mol. The summed E-state index contributed by atoms with van der Waals surface area (Å²) in [5.74, 6) is -4.07. The van der Waals surface area contributed by atoms with E-state index in [-0.39, 0.29) is 16.8 Å². The molecule has 0 aliphatic carbocycles. The third-order valence-corrected chi connectivity index (χ3v) is 3.32. The second kappa shape index (κ2) is 7.04. The molecule has 0 saturated heterocycles. The average molecular weight is 350 g/mol. The first kappa shape index (κ1) is 18.0. The van der Waals surface area contributed by atoms with Gasteiger partial charge >= 0.3 is 5.97 Å². The zero-order chi connectivity index (χ0) is 18.7. The molecule has 0 bridgehead atoms. The number of nitrogens with two attached hydrogens (primary N) is 1. The lowest BCUT2D eigenvalue weighted by atomic mass is 10.1. The first-order valence-corrected chi connectivity index (χ1v) is 6.95. The van der Waals surface area contributed by atoms with Crippen molar-refractivity contribution in [2.24, 2.45) is 0 Å². The maximum atomic E-state index is 13.2. The maximum absolute atomic E-state index is 13.2. The number of carbonyl (C=O) groups is 2. The first-order chi connectivity index (χ1) is 11.7. The topological polar surface area (TPSA) is 113 Å². The predicted octanol–water partition coefficient (Wildman–Crippen LogP) is 2.88. The van der Waals surface area contributed by atoms with Gasteiger partial charge in [-0.05, 0) is 37.3 Å². The van der Waals surface area contributed by atoms with Crippen LogP contribution in [0, 0.1) is 21.7 Å². The summed E-state index contributed by atoms with van der Waals surface area (Å²) in [5, 5.41) is 10.8. The second-order valence-electron chi connectivity index (χ2n) is 5.07. The normalized spacial score (nSPS) is 11.6. The van der Waals surface area contributed by atoms with Crippen LogP contribution >= 0.6 is 0 Å². The van der Waals surface area contributed by atoms with Crippen molar-refractivity contribution >= 4 is 23.1 Å². The highest BCUT2D eigenvalue weighted by Gasteiger charge is 2.23. The number of nitrogen functional groups attached to an aromatic ring is 1. The quantitative estimate of drug-likeness (QED) is 0.292. The molecule has 2 aromatic carbocycles. The van der Waals surface area contributed by atoms with Crippen LogP contribution in [-0.2, 0) is 4.74 Å². The molecule has 0 spiro atoms. The zero-order valence-corrected chi connectivity index (χ0v) is 12.9. The minimum Gasteiger partial charge on any atom is -0.451 e. The van der Waals surface area contributed by atoms with Crippen LogP contribution in [0.4, 0.5) is 20.2 Å². The summed E-state index contributed by atoms with van der Waals surface area (Å²) in [4.78, 5) is 34.2. The summed E-state index contributed by atoms with van der Waals surface area (Å²) in [6, 6.07) is 5.82. The number of Topliss-reactive ketones (excluding diaryl/α,β-unsaturated/α-hetero) is 1. The lowest BCUT2D eigenvalue weighted by molar-refractivity contribution is -0.383. The summed E-state index contributed by atoms with van der Waals surface area (Å²) in [7, 11) is 0. The SMILES string of the molecule is C[C@@H](OC(=O)c1ccc(N)c([N+](=O)[O-])c1)C(=O)c1ccc(F)c(F)c1. The van der Waals surface area contributed by atoms with Crippen LogP contribution in [0.2, 0.25) is 0 Å². The van der Waals surface area contributed by atoms with Crippen molar-refractivity contribution in [1.82, 2.24) is 0 Å². The number of benzene rings is 2. The molecule has 1 atom stereocenters. The summed E-state index contributed by atoms with van der Waals surface area (Å²) in [6.07, 6.45) is -1.31. The molecule has 9 heteroatoms. The molecule has 0 radical (unpaired) electrons. The van der Waals surface area contributed by atoms with E-state index in [0.717, 1.165) is 24.3 Å². The van der Waals surface area contributed by atoms with Gasteiger partial charge in [-0.15, -0.1) is 0 Å². The smallest absolute Gasteiger partial charge is 0.339 e. The van der Waals surface area contributed by atoms with Gasteiger partial charge in [0, 0.05) is 11.6 Å². The Kier molecular flexibility index (Phi) is 5.06. The highest BCUT2D eigenvalue weighted by molar-refractivity contribution is 6.01. The molecule has 0 aliphatic heterocycles. The molecule has 25 heavy (non-hydrogen) atoms. The number of nitro benzene ring substituents is 1. The van der Waals surface area contributed by atoms with Gasteiger partial charge in [0.05, 0.1) is 10.5 Å². The highest BCUT2D eigenvalue weighted by atomic mass is 19.2. The van der Waals surface area contributed by atoms with Crippen LogP contribution in [0.1, 0.15) is 27.6 Å². The van der Waals surface area contributed by atoms with Gasteiger partial charge in [-0.1, -0.05) is 0 Å². The number of ketones is 1. The molecular formula is C16H12F2N2O5. The van der Waals surface area contributed by atoms with Gasteiger partial charge in [-0.3, -0.25) is 14.9 Å². The van der Waals surface area contributed by atoms with E-state index >= 15 is 0 Å². The number of halogens is 2. The number of hydrogen-bond acceptors (Lipinski definition) is 6. The summed E-state index contributed by atoms with van der Waals surface area (Å²) >= 11 is 0. The molecule has 0 heterocycles. The maximum Gasteiger partial charge on any atom is 0.339 e. The Labute approximate surface area is 140 Å². The largest absolute Gasteiger partial charge is 0.451 e. The Morgan fingerprint density at radius 2 is 1.76 bits per heavy atom. The molecule has 2 aromatic rings. The van der Waals surface area contributed by atoms with E-state index in [2.05, 4.69) is 0 Å². The second-order valence-corrected chi connectivity index (χ2v) is 5.07. The van der Waals surface area contributed by atoms with Gasteiger partial charge in [0.25, 0.3) is 5.69 Å². The molecule has 0 amide bonds. The van der Waals surface area contributed by atoms with Crippen molar-refractivity contribution in [3.63, 3.8) is 0 Å². The van der Waals surface area contributed by atoms with E-state index < -0.39 is 40.1 Å². The molecular weight excluding hydrogens is 338 g/mol. The van der Waals surface area contributed by atoms with Crippen molar-refractivity contribution in [3.05, 3.63) is 69.3 Å². The van der Waals surface area contributed by atoms with Crippen molar-refractivity contribution in [2.45, 2.75) is 13.0 Å². The van der Waals surface area contributed by atoms with Gasteiger partial charge in [0.1, 0.15) is 5.69 Å². The average Bonchev–Trinajstić information content (AvgIpc) is 2.56.